The van der Waals surface area contributed by atoms with Crippen molar-refractivity contribution in [1.82, 2.24) is 15.2 Å². The summed E-state index contributed by atoms with van der Waals surface area (Å²) < 4.78 is 0. The number of carbonyl (C=O) groups excluding carboxylic acids is 1. The second-order valence-electron chi connectivity index (χ2n) is 6.66. The Kier molecular flexibility index (Phi) is 4.48. The number of hydrogen-bond donors (Lipinski definition) is 1. The van der Waals surface area contributed by atoms with E-state index >= 15 is 0 Å². The van der Waals surface area contributed by atoms with E-state index in [-0.39, 0.29) is 11.8 Å². The van der Waals surface area contributed by atoms with E-state index in [4.69, 9.17) is 0 Å². The summed E-state index contributed by atoms with van der Waals surface area (Å²) in [7, 11) is 0. The number of fused-ring (bicyclic) bond motifs is 1. The van der Waals surface area contributed by atoms with Crippen LogP contribution in [0, 0.1) is 12.8 Å². The van der Waals surface area contributed by atoms with Crippen LogP contribution >= 0.6 is 0 Å². The van der Waals surface area contributed by atoms with Crippen molar-refractivity contribution >= 4 is 28.3 Å². The fourth-order valence-electron chi connectivity index (χ4n) is 3.37. The normalized spacial score (nSPS) is 15.2. The van der Waals surface area contributed by atoms with Crippen LogP contribution in [0.3, 0.4) is 0 Å². The van der Waals surface area contributed by atoms with Crippen molar-refractivity contribution < 1.29 is 4.79 Å². The Morgan fingerprint density at radius 2 is 1.88 bits per heavy atom. The Balaban J connectivity index is 1.41. The van der Waals surface area contributed by atoms with Gasteiger partial charge >= 0.3 is 0 Å². The molecule has 3 aromatic rings. The minimum absolute atomic E-state index is 0.00336. The molecule has 3 heterocycles. The van der Waals surface area contributed by atoms with Crippen molar-refractivity contribution in [2.24, 2.45) is 5.92 Å². The number of pyridine rings is 1. The highest BCUT2D eigenvalue weighted by atomic mass is 16.1. The molecule has 1 aliphatic heterocycles. The third-order valence-corrected chi connectivity index (χ3v) is 4.86. The Hall–Kier alpha value is -3.02. The maximum absolute atomic E-state index is 12.7. The van der Waals surface area contributed by atoms with E-state index < -0.39 is 0 Å². The number of nitrogens with zero attached hydrogens (tertiary/aromatic N) is 4. The first-order valence-corrected chi connectivity index (χ1v) is 8.90. The summed E-state index contributed by atoms with van der Waals surface area (Å²) in [6, 6.07) is 13.7. The number of para-hydroxylation sites is 1. The largest absolute Gasteiger partial charge is 0.355 e. The smallest absolute Gasteiger partial charge is 0.227 e. The van der Waals surface area contributed by atoms with Crippen LogP contribution in [-0.2, 0) is 4.79 Å². The molecule has 0 unspecified atom stereocenters. The highest BCUT2D eigenvalue weighted by Crippen LogP contribution is 2.25. The zero-order valence-corrected chi connectivity index (χ0v) is 14.7. The molecule has 132 valence electrons. The third-order valence-electron chi connectivity index (χ3n) is 4.86. The first-order valence-electron chi connectivity index (χ1n) is 8.90. The zero-order valence-electron chi connectivity index (χ0n) is 14.7. The minimum atomic E-state index is 0.00336. The summed E-state index contributed by atoms with van der Waals surface area (Å²) in [5.74, 6) is 0.953. The lowest BCUT2D eigenvalue weighted by atomic mass is 9.95. The summed E-state index contributed by atoms with van der Waals surface area (Å²) in [6.07, 6.45) is 3.36. The number of rotatable bonds is 3. The number of aromatic nitrogens is 3. The van der Waals surface area contributed by atoms with Gasteiger partial charge in [0.15, 0.2) is 5.82 Å². The van der Waals surface area contributed by atoms with E-state index in [1.807, 2.05) is 49.4 Å². The van der Waals surface area contributed by atoms with Crippen LogP contribution in [0.4, 0.5) is 11.5 Å². The van der Waals surface area contributed by atoms with Crippen LogP contribution in [0.2, 0.25) is 0 Å². The lowest BCUT2D eigenvalue weighted by molar-refractivity contribution is -0.120. The average Bonchev–Trinajstić information content (AvgIpc) is 2.69. The van der Waals surface area contributed by atoms with E-state index in [0.717, 1.165) is 54.0 Å². The Bertz CT molecular complexity index is 912. The number of carbonyl (C=O) groups is 1. The van der Waals surface area contributed by atoms with Gasteiger partial charge in [0.25, 0.3) is 0 Å². The van der Waals surface area contributed by atoms with Crippen molar-refractivity contribution in [3.05, 3.63) is 54.4 Å². The number of amides is 1. The molecule has 0 radical (unpaired) electrons. The highest BCUT2D eigenvalue weighted by Gasteiger charge is 2.26. The summed E-state index contributed by atoms with van der Waals surface area (Å²) in [6.45, 7) is 3.54. The fraction of sp³-hybridized carbons (Fsp3) is 0.300. The SMILES string of the molecule is Cc1ccc(N2CCC(C(=O)Nc3cccc4cccnc34)CC2)nn1. The zero-order chi connectivity index (χ0) is 17.9. The van der Waals surface area contributed by atoms with Crippen LogP contribution < -0.4 is 10.2 Å². The maximum atomic E-state index is 12.7. The van der Waals surface area contributed by atoms with Gasteiger partial charge in [-0.05, 0) is 44.0 Å². The van der Waals surface area contributed by atoms with Crippen LogP contribution in [0.5, 0.6) is 0 Å². The highest BCUT2D eigenvalue weighted by molar-refractivity contribution is 6.01. The molecule has 1 amide bonds. The molecular weight excluding hydrogens is 326 g/mol. The van der Waals surface area contributed by atoms with Gasteiger partial charge in [-0.1, -0.05) is 18.2 Å². The van der Waals surface area contributed by atoms with Gasteiger partial charge in [-0.3, -0.25) is 9.78 Å². The lowest BCUT2D eigenvalue weighted by Crippen LogP contribution is -2.38. The molecule has 1 fully saturated rings. The minimum Gasteiger partial charge on any atom is -0.355 e. The first-order chi connectivity index (χ1) is 12.7. The number of piperidine rings is 1. The number of anilines is 2. The third kappa shape index (κ3) is 3.35. The van der Waals surface area contributed by atoms with Crippen molar-refractivity contribution in [2.45, 2.75) is 19.8 Å². The van der Waals surface area contributed by atoms with Gasteiger partial charge < -0.3 is 10.2 Å². The number of aryl methyl sites for hydroxylation is 1. The summed E-state index contributed by atoms with van der Waals surface area (Å²) in [5.41, 5.74) is 2.52. The van der Waals surface area contributed by atoms with Gasteiger partial charge in [-0.15, -0.1) is 5.10 Å². The van der Waals surface area contributed by atoms with E-state index in [1.54, 1.807) is 6.20 Å². The van der Waals surface area contributed by atoms with Gasteiger partial charge in [0.2, 0.25) is 5.91 Å². The monoisotopic (exact) mass is 347 g/mol. The topological polar surface area (TPSA) is 71.0 Å². The molecule has 1 aliphatic rings. The van der Waals surface area contributed by atoms with Crippen molar-refractivity contribution in [2.75, 3.05) is 23.3 Å². The molecule has 0 bridgehead atoms. The molecule has 1 N–H and O–H groups in total. The molecule has 1 aromatic carbocycles. The van der Waals surface area contributed by atoms with E-state index in [0.29, 0.717) is 0 Å². The van der Waals surface area contributed by atoms with Gasteiger partial charge in [0.1, 0.15) is 0 Å². The Labute approximate surface area is 152 Å². The molecule has 0 aliphatic carbocycles. The van der Waals surface area contributed by atoms with Gasteiger partial charge in [-0.2, -0.15) is 5.10 Å². The van der Waals surface area contributed by atoms with Crippen LogP contribution in [0.15, 0.2) is 48.7 Å². The van der Waals surface area contributed by atoms with Crippen LogP contribution in [0.25, 0.3) is 10.9 Å². The summed E-state index contributed by atoms with van der Waals surface area (Å²) in [5, 5.41) is 12.5. The van der Waals surface area contributed by atoms with Crippen molar-refractivity contribution in [3.8, 4) is 0 Å². The Morgan fingerprint density at radius 1 is 1.08 bits per heavy atom. The summed E-state index contributed by atoms with van der Waals surface area (Å²) in [4.78, 5) is 19.3. The molecule has 4 rings (SSSR count). The quantitative estimate of drug-likeness (QED) is 0.788. The molecule has 0 spiro atoms. The molecule has 0 saturated carbocycles. The molecule has 1 saturated heterocycles. The van der Waals surface area contributed by atoms with Gasteiger partial charge in [0.05, 0.1) is 16.9 Å². The Morgan fingerprint density at radius 3 is 2.65 bits per heavy atom. The molecule has 6 heteroatoms. The van der Waals surface area contributed by atoms with Crippen molar-refractivity contribution in [3.63, 3.8) is 0 Å². The maximum Gasteiger partial charge on any atom is 0.227 e. The number of hydrogen-bond acceptors (Lipinski definition) is 5. The summed E-state index contributed by atoms with van der Waals surface area (Å²) >= 11 is 0. The predicted octanol–water partition coefficient (Wildman–Crippen LogP) is 3.19. The van der Waals surface area contributed by atoms with Crippen LogP contribution in [-0.4, -0.2) is 34.2 Å². The average molecular weight is 347 g/mol. The second kappa shape index (κ2) is 7.07. The molecule has 2 aromatic heterocycles. The molecule has 26 heavy (non-hydrogen) atoms. The lowest BCUT2D eigenvalue weighted by Gasteiger charge is -2.31. The van der Waals surface area contributed by atoms with Crippen molar-refractivity contribution in [1.29, 1.82) is 0 Å². The predicted molar refractivity (Wildman–Crippen MR) is 102 cm³/mol. The van der Waals surface area contributed by atoms with Crippen LogP contribution in [0.1, 0.15) is 18.5 Å². The van der Waals surface area contributed by atoms with E-state index in [9.17, 15) is 4.79 Å². The number of nitrogens with one attached hydrogen (secondary N) is 1. The van der Waals surface area contributed by atoms with E-state index in [1.165, 1.54) is 0 Å². The molecule has 6 nitrogen and oxygen atoms in total. The number of benzene rings is 1. The van der Waals surface area contributed by atoms with Gasteiger partial charge in [0, 0.05) is 30.6 Å². The standard InChI is InChI=1S/C20H21N5O/c1-14-7-8-18(24-23-14)25-12-9-16(10-13-25)20(26)22-17-6-2-4-15-5-3-11-21-19(15)17/h2-8,11,16H,9-10,12-13H2,1H3,(H,22,26). The van der Waals surface area contributed by atoms with Gasteiger partial charge in [-0.25, -0.2) is 0 Å². The molecular formula is C20H21N5O. The van der Waals surface area contributed by atoms with E-state index in [2.05, 4.69) is 25.4 Å². The fourth-order valence-corrected chi connectivity index (χ4v) is 3.37. The second-order valence-corrected chi connectivity index (χ2v) is 6.66. The first kappa shape index (κ1) is 16.4. The molecule has 0 atom stereocenters.